The molecule has 1 aromatic rings. The van der Waals surface area contributed by atoms with Crippen LogP contribution in [0.4, 0.5) is 4.39 Å². The summed E-state index contributed by atoms with van der Waals surface area (Å²) in [6.45, 7) is 0.369. The molecule has 0 atom stereocenters. The van der Waals surface area contributed by atoms with Crippen molar-refractivity contribution >= 4 is 0 Å². The lowest BCUT2D eigenvalue weighted by molar-refractivity contribution is 0.121. The summed E-state index contributed by atoms with van der Waals surface area (Å²) in [7, 11) is 3.04. The van der Waals surface area contributed by atoms with Gasteiger partial charge in [-0.2, -0.15) is 0 Å². The van der Waals surface area contributed by atoms with Gasteiger partial charge >= 0.3 is 0 Å². The molecule has 1 aromatic carbocycles. The first kappa shape index (κ1) is 11.9. The van der Waals surface area contributed by atoms with E-state index in [-0.39, 0.29) is 6.61 Å². The fourth-order valence-corrected chi connectivity index (χ4v) is 1.31. The van der Waals surface area contributed by atoms with Crippen molar-refractivity contribution in [2.45, 2.75) is 13.2 Å². The van der Waals surface area contributed by atoms with E-state index in [9.17, 15) is 4.39 Å². The van der Waals surface area contributed by atoms with Crippen molar-refractivity contribution in [3.8, 4) is 5.75 Å². The third-order valence-electron chi connectivity index (χ3n) is 1.99. The van der Waals surface area contributed by atoms with Crippen LogP contribution in [0.15, 0.2) is 12.1 Å². The zero-order valence-electron chi connectivity index (χ0n) is 8.75. The molecule has 1 rings (SSSR count). The molecule has 0 bridgehead atoms. The molecule has 15 heavy (non-hydrogen) atoms. The van der Waals surface area contributed by atoms with Gasteiger partial charge in [0.15, 0.2) is 0 Å². The highest BCUT2D eigenvalue weighted by molar-refractivity contribution is 5.37. The standard InChI is InChI=1S/C10H14FNO3/c1-13-5-8-3-7(6-15-12)9(11)4-10(8)14-2/h3-4H,5-6,12H2,1-2H3. The van der Waals surface area contributed by atoms with Crippen molar-refractivity contribution in [2.75, 3.05) is 14.2 Å². The molecule has 84 valence electrons. The largest absolute Gasteiger partial charge is 0.496 e. The van der Waals surface area contributed by atoms with Gasteiger partial charge in [-0.3, -0.25) is 4.84 Å². The summed E-state index contributed by atoms with van der Waals surface area (Å²) < 4.78 is 23.4. The smallest absolute Gasteiger partial charge is 0.132 e. The van der Waals surface area contributed by atoms with E-state index in [0.717, 1.165) is 5.56 Å². The molecule has 0 unspecified atom stereocenters. The molecular formula is C10H14FNO3. The fourth-order valence-electron chi connectivity index (χ4n) is 1.31. The van der Waals surface area contributed by atoms with Crippen molar-refractivity contribution in [1.29, 1.82) is 0 Å². The van der Waals surface area contributed by atoms with E-state index in [2.05, 4.69) is 4.84 Å². The molecule has 0 saturated heterocycles. The normalized spacial score (nSPS) is 10.4. The van der Waals surface area contributed by atoms with Gasteiger partial charge in [0, 0.05) is 24.3 Å². The molecule has 4 nitrogen and oxygen atoms in total. The van der Waals surface area contributed by atoms with Crippen LogP contribution in [0.1, 0.15) is 11.1 Å². The maximum absolute atomic E-state index is 13.4. The van der Waals surface area contributed by atoms with Crippen molar-refractivity contribution in [1.82, 2.24) is 0 Å². The first-order chi connectivity index (χ1) is 7.22. The average molecular weight is 215 g/mol. The van der Waals surface area contributed by atoms with Crippen LogP contribution in [0.3, 0.4) is 0 Å². The van der Waals surface area contributed by atoms with Crippen LogP contribution in [0.2, 0.25) is 0 Å². The van der Waals surface area contributed by atoms with E-state index in [4.69, 9.17) is 15.4 Å². The summed E-state index contributed by atoms with van der Waals surface area (Å²) in [6.07, 6.45) is 0. The molecule has 0 amide bonds. The van der Waals surface area contributed by atoms with Gasteiger partial charge in [-0.25, -0.2) is 10.3 Å². The lowest BCUT2D eigenvalue weighted by Crippen LogP contribution is -2.04. The van der Waals surface area contributed by atoms with Gasteiger partial charge in [0.05, 0.1) is 20.3 Å². The molecular weight excluding hydrogens is 201 g/mol. The minimum Gasteiger partial charge on any atom is -0.496 e. The Morgan fingerprint density at radius 3 is 2.47 bits per heavy atom. The van der Waals surface area contributed by atoms with Gasteiger partial charge in [0.25, 0.3) is 0 Å². The highest BCUT2D eigenvalue weighted by Crippen LogP contribution is 2.23. The van der Waals surface area contributed by atoms with Crippen molar-refractivity contribution in [3.63, 3.8) is 0 Å². The van der Waals surface area contributed by atoms with Crippen LogP contribution in [0.25, 0.3) is 0 Å². The Morgan fingerprint density at radius 1 is 1.20 bits per heavy atom. The Kier molecular flexibility index (Phi) is 4.48. The summed E-state index contributed by atoms with van der Waals surface area (Å²) in [5.41, 5.74) is 1.14. The maximum atomic E-state index is 13.4. The van der Waals surface area contributed by atoms with Crippen LogP contribution in [-0.4, -0.2) is 14.2 Å². The summed E-state index contributed by atoms with van der Waals surface area (Å²) >= 11 is 0. The monoisotopic (exact) mass is 215 g/mol. The minimum absolute atomic E-state index is 0.0204. The van der Waals surface area contributed by atoms with Gasteiger partial charge in [-0.15, -0.1) is 0 Å². The Labute approximate surface area is 87.7 Å². The Morgan fingerprint density at radius 2 is 1.93 bits per heavy atom. The lowest BCUT2D eigenvalue weighted by atomic mass is 10.1. The zero-order valence-corrected chi connectivity index (χ0v) is 8.75. The molecule has 0 aliphatic heterocycles. The average Bonchev–Trinajstić information content (AvgIpc) is 2.23. The van der Waals surface area contributed by atoms with Gasteiger partial charge < -0.3 is 9.47 Å². The van der Waals surface area contributed by atoms with Gasteiger partial charge in [0.2, 0.25) is 0 Å². The van der Waals surface area contributed by atoms with Crippen LogP contribution in [-0.2, 0) is 22.8 Å². The van der Waals surface area contributed by atoms with E-state index in [1.54, 1.807) is 13.2 Å². The van der Waals surface area contributed by atoms with E-state index in [1.165, 1.54) is 13.2 Å². The molecule has 0 saturated carbocycles. The predicted octanol–water partition coefficient (Wildman–Crippen LogP) is 1.37. The number of hydrogen-bond acceptors (Lipinski definition) is 4. The lowest BCUT2D eigenvalue weighted by Gasteiger charge is -2.10. The van der Waals surface area contributed by atoms with Crippen molar-refractivity contribution < 1.29 is 18.7 Å². The van der Waals surface area contributed by atoms with Gasteiger partial charge in [-0.1, -0.05) is 0 Å². The second-order valence-corrected chi connectivity index (χ2v) is 3.00. The second kappa shape index (κ2) is 5.65. The third kappa shape index (κ3) is 2.89. The van der Waals surface area contributed by atoms with E-state index >= 15 is 0 Å². The summed E-state index contributed by atoms with van der Waals surface area (Å²) in [5.74, 6) is 4.94. The number of halogens is 1. The molecule has 5 heteroatoms. The summed E-state index contributed by atoms with van der Waals surface area (Å²) in [4.78, 5) is 4.39. The van der Waals surface area contributed by atoms with Crippen LogP contribution >= 0.6 is 0 Å². The molecule has 0 aliphatic rings. The summed E-state index contributed by atoms with van der Waals surface area (Å²) in [5, 5.41) is 0. The second-order valence-electron chi connectivity index (χ2n) is 3.00. The third-order valence-corrected chi connectivity index (χ3v) is 1.99. The first-order valence-electron chi connectivity index (χ1n) is 4.38. The molecule has 0 heterocycles. The highest BCUT2D eigenvalue weighted by Gasteiger charge is 2.10. The number of benzene rings is 1. The molecule has 0 fully saturated rings. The highest BCUT2D eigenvalue weighted by atomic mass is 19.1. The number of rotatable bonds is 5. The predicted molar refractivity (Wildman–Crippen MR) is 52.6 cm³/mol. The van der Waals surface area contributed by atoms with E-state index in [1.807, 2.05) is 0 Å². The first-order valence-corrected chi connectivity index (χ1v) is 4.38. The number of nitrogens with two attached hydrogens (primary N) is 1. The fraction of sp³-hybridized carbons (Fsp3) is 0.400. The topological polar surface area (TPSA) is 53.7 Å². The number of hydrogen-bond donors (Lipinski definition) is 1. The summed E-state index contributed by atoms with van der Waals surface area (Å²) in [6, 6.07) is 2.91. The Balaban J connectivity index is 3.05. The van der Waals surface area contributed by atoms with Crippen LogP contribution in [0.5, 0.6) is 5.75 Å². The Hall–Kier alpha value is -1.17. The van der Waals surface area contributed by atoms with Gasteiger partial charge in [-0.05, 0) is 6.07 Å². The Bertz CT molecular complexity index is 331. The minimum atomic E-state index is -0.405. The molecule has 0 spiro atoms. The van der Waals surface area contributed by atoms with Crippen molar-refractivity contribution in [2.24, 2.45) is 5.90 Å². The quantitative estimate of drug-likeness (QED) is 0.754. The van der Waals surface area contributed by atoms with E-state index < -0.39 is 5.82 Å². The van der Waals surface area contributed by atoms with Gasteiger partial charge in [0.1, 0.15) is 11.6 Å². The van der Waals surface area contributed by atoms with Crippen LogP contribution < -0.4 is 10.6 Å². The molecule has 0 aliphatic carbocycles. The zero-order chi connectivity index (χ0) is 11.3. The van der Waals surface area contributed by atoms with E-state index in [0.29, 0.717) is 17.9 Å². The maximum Gasteiger partial charge on any atom is 0.132 e. The van der Waals surface area contributed by atoms with Crippen molar-refractivity contribution in [3.05, 3.63) is 29.1 Å². The number of ether oxygens (including phenoxy) is 2. The SMILES string of the molecule is COCc1cc(CON)c(F)cc1OC. The molecule has 0 radical (unpaired) electrons. The molecule has 2 N–H and O–H groups in total. The molecule has 0 aromatic heterocycles. The van der Waals surface area contributed by atoms with Crippen LogP contribution in [0, 0.1) is 5.82 Å². The number of methoxy groups -OCH3 is 2.